The molecule has 5 aromatic rings. The van der Waals surface area contributed by atoms with E-state index in [1.807, 2.05) is 72.8 Å². The zero-order chi connectivity index (χ0) is 67.8. The van der Waals surface area contributed by atoms with Crippen molar-refractivity contribution in [3.05, 3.63) is 118 Å². The maximum absolute atomic E-state index is 13.6. The number of likely N-dealkylation sites (N-methyl/N-ethyl adjacent to an activating group) is 2. The normalized spacial score (nSPS) is 27.2. The number of aromatic nitrogens is 2. The van der Waals surface area contributed by atoms with Crippen LogP contribution in [-0.2, 0) is 29.4 Å². The molecule has 5 saturated carbocycles. The molecule has 0 bridgehead atoms. The third-order valence-corrected chi connectivity index (χ3v) is 22.6. The number of nitrogens with one attached hydrogen (secondary N) is 2. The maximum atomic E-state index is 13.6. The third-order valence-electron chi connectivity index (χ3n) is 22.1. The smallest absolute Gasteiger partial charge is 0.262 e. The second kappa shape index (κ2) is 30.8. The first-order valence-corrected chi connectivity index (χ1v) is 36.5. The van der Waals surface area contributed by atoms with Gasteiger partial charge in [0.05, 0.1) is 30.8 Å². The van der Waals surface area contributed by atoms with E-state index in [0.717, 1.165) is 141 Å². The number of amides is 4. The van der Waals surface area contributed by atoms with Crippen molar-refractivity contribution >= 4 is 87.2 Å². The molecule has 2 aromatic heterocycles. The first kappa shape index (κ1) is 69.5. The molecule has 0 radical (unpaired) electrons. The number of rotatable bonds is 19. The number of nitrogens with zero attached hydrogens (tertiary/aromatic N) is 8. The van der Waals surface area contributed by atoms with Crippen LogP contribution in [-0.4, -0.2) is 129 Å². The number of ether oxygens (including phenoxy) is 2. The van der Waals surface area contributed by atoms with Crippen LogP contribution in [0.15, 0.2) is 112 Å². The minimum absolute atomic E-state index is 0.0370. The van der Waals surface area contributed by atoms with E-state index < -0.39 is 22.9 Å². The summed E-state index contributed by atoms with van der Waals surface area (Å²) >= 11 is 12.3. The summed E-state index contributed by atoms with van der Waals surface area (Å²) in [5.74, 6) is 4.49. The fourth-order valence-electron chi connectivity index (χ4n) is 16.7. The average molecular weight is 1360 g/mol. The van der Waals surface area contributed by atoms with Gasteiger partial charge in [-0.15, -0.1) is 0 Å². The number of pyridine rings is 2. The van der Waals surface area contributed by atoms with E-state index in [0.29, 0.717) is 71.8 Å². The standard InChI is InChI=1S/C28H38ClN5O.C25H38N6O2.C22H22ClN3O3/c1-34-26(35)28(33-27(34)30,15-14-19-6-3-2-4-7-19)18-20-8-5-9-23(16-20)31-25-13-10-21-17-22(29)11-12-24(21)32-25;1-31-23(33)25(30-24(31)27,13-12-17-6-3-2-4-7-17)15-18-8-5-9-20(14-18)29-22(32)19-10-11-21(26)28-16-19;23-18-6-2-4-15(12-18)14-3-1-5-17(11-14)22(16-7-8-16)20(27)26(21(24)25-22)13-19-28-9-10-29-19/h10-13,17,19-20,23H,2-9,14-16,18H2,1H3,(H2,30,33)(H,31,32);10-11,16-18,20H,2-9,12-15H2,1H3,(H2,26,28)(H2,27,30)(H,29,32);1-6,11-12,16,19H,7-10,13H2,(H2,24,25)/t20-,23+,28+;18-,20+,25+;/m00./s1. The van der Waals surface area contributed by atoms with Crippen molar-refractivity contribution in [2.45, 2.75) is 202 Å². The predicted molar refractivity (Wildman–Crippen MR) is 383 cm³/mol. The Morgan fingerprint density at radius 1 is 0.588 bits per heavy atom. The van der Waals surface area contributed by atoms with Crippen LogP contribution in [0.4, 0.5) is 11.6 Å². The molecule has 97 heavy (non-hydrogen) atoms. The number of nitrogens with two attached hydrogens (primary N) is 4. The van der Waals surface area contributed by atoms with Gasteiger partial charge in [0.25, 0.3) is 23.6 Å². The zero-order valence-corrected chi connectivity index (χ0v) is 58.0. The second-order valence-electron chi connectivity index (χ2n) is 29.0. The van der Waals surface area contributed by atoms with E-state index in [1.54, 1.807) is 31.1 Å². The molecule has 9 aliphatic rings. The Morgan fingerprint density at radius 2 is 1.16 bits per heavy atom. The molecule has 22 heteroatoms. The molecule has 0 spiro atoms. The lowest BCUT2D eigenvalue weighted by Crippen LogP contribution is -2.47. The third kappa shape index (κ3) is 16.4. The molecule has 3 aromatic carbocycles. The highest BCUT2D eigenvalue weighted by atomic mass is 35.5. The molecule has 5 aliphatic carbocycles. The van der Waals surface area contributed by atoms with Gasteiger partial charge in [0.15, 0.2) is 29.7 Å². The second-order valence-corrected chi connectivity index (χ2v) is 29.9. The molecular formula is C75H98Cl2N14O6. The molecule has 20 nitrogen and oxygen atoms in total. The fourth-order valence-corrected chi connectivity index (χ4v) is 17.1. The van der Waals surface area contributed by atoms with Gasteiger partial charge in [-0.3, -0.25) is 33.9 Å². The van der Waals surface area contributed by atoms with Gasteiger partial charge in [-0.2, -0.15) is 0 Å². The van der Waals surface area contributed by atoms with E-state index in [4.69, 9.17) is 75.6 Å². The van der Waals surface area contributed by atoms with Crippen molar-refractivity contribution in [1.29, 1.82) is 0 Å². The largest absolute Gasteiger partial charge is 0.384 e. The van der Waals surface area contributed by atoms with Gasteiger partial charge < -0.3 is 43.0 Å². The highest BCUT2D eigenvalue weighted by Gasteiger charge is 2.59. The number of aliphatic imine (C=N–C) groups is 3. The average Bonchev–Trinajstić information content (AvgIpc) is 1.57. The SMILES string of the molecule is CN1C(=O)[C@@](CCC2CCCCC2)(C[C@H]2CCC[C@@H](NC(=O)c3ccc(N)nc3)C2)N=C1N.CN1C(=O)[C@@](CCC2CCCCC2)(C[C@H]2CCC[C@@H](Nc3ccc4cc(Cl)ccc4n3)C2)N=C1N.NC1=NC(c2cccc(-c3cccc(Cl)c3)c2)(C2CC2)C(=O)N1CC1OCCO1. The lowest BCUT2D eigenvalue weighted by molar-refractivity contribution is -0.136. The van der Waals surface area contributed by atoms with Crippen molar-refractivity contribution < 1.29 is 28.7 Å². The van der Waals surface area contributed by atoms with E-state index in [-0.39, 0.29) is 48.1 Å². The fraction of sp³-hybridized carbons (Fsp3) is 0.560. The number of halogens is 2. The van der Waals surface area contributed by atoms with Crippen LogP contribution in [0.5, 0.6) is 0 Å². The van der Waals surface area contributed by atoms with E-state index in [9.17, 15) is 19.2 Å². The Labute approximate surface area is 580 Å². The molecule has 6 heterocycles. The minimum Gasteiger partial charge on any atom is -0.384 e. The van der Waals surface area contributed by atoms with Crippen LogP contribution in [0.25, 0.3) is 22.0 Å². The van der Waals surface area contributed by atoms with Crippen LogP contribution in [0.1, 0.15) is 183 Å². The molecule has 6 fully saturated rings. The van der Waals surface area contributed by atoms with Crippen LogP contribution < -0.4 is 33.6 Å². The number of hydrogen-bond donors (Lipinski definition) is 6. The quantitative estimate of drug-likeness (QED) is 0.0449. The van der Waals surface area contributed by atoms with Gasteiger partial charge in [-0.25, -0.2) is 24.9 Å². The van der Waals surface area contributed by atoms with Crippen LogP contribution in [0.2, 0.25) is 10.0 Å². The maximum Gasteiger partial charge on any atom is 0.262 e. The lowest BCUT2D eigenvalue weighted by atomic mass is 9.74. The molecule has 1 saturated heterocycles. The molecule has 14 rings (SSSR count). The summed E-state index contributed by atoms with van der Waals surface area (Å²) in [5, 5.41) is 9.27. The highest BCUT2D eigenvalue weighted by Crippen LogP contribution is 2.52. The van der Waals surface area contributed by atoms with Gasteiger partial charge >= 0.3 is 0 Å². The Kier molecular flexibility index (Phi) is 22.1. The first-order valence-electron chi connectivity index (χ1n) is 35.7. The molecule has 10 N–H and O–H groups in total. The Bertz CT molecular complexity index is 3720. The van der Waals surface area contributed by atoms with Gasteiger partial charge in [-0.05, 0) is 184 Å². The topological polar surface area (TPSA) is 287 Å². The van der Waals surface area contributed by atoms with E-state index in [2.05, 4.69) is 21.7 Å². The number of carbonyl (C=O) groups excluding carboxylic acids is 4. The van der Waals surface area contributed by atoms with Crippen molar-refractivity contribution in [2.24, 2.45) is 61.8 Å². The summed E-state index contributed by atoms with van der Waals surface area (Å²) in [5.41, 5.74) is 26.0. The number of benzene rings is 3. The van der Waals surface area contributed by atoms with Crippen molar-refractivity contribution in [3.63, 3.8) is 0 Å². The number of fused-ring (bicyclic) bond motifs is 1. The van der Waals surface area contributed by atoms with E-state index in [1.165, 1.54) is 80.2 Å². The van der Waals surface area contributed by atoms with Crippen molar-refractivity contribution in [2.75, 3.05) is 44.9 Å². The monoisotopic (exact) mass is 1360 g/mol. The van der Waals surface area contributed by atoms with Crippen LogP contribution in [0, 0.1) is 29.6 Å². The Balaban J connectivity index is 0.000000139. The van der Waals surface area contributed by atoms with Gasteiger partial charge in [0.1, 0.15) is 22.7 Å². The molecular weight excluding hydrogens is 1260 g/mol. The molecule has 518 valence electrons. The van der Waals surface area contributed by atoms with Gasteiger partial charge in [-0.1, -0.05) is 143 Å². The Morgan fingerprint density at radius 3 is 1.74 bits per heavy atom. The number of anilines is 2. The summed E-state index contributed by atoms with van der Waals surface area (Å²) in [6.07, 6.45) is 29.5. The number of nitrogen functional groups attached to an aromatic ring is 1. The first-order chi connectivity index (χ1) is 46.9. The summed E-state index contributed by atoms with van der Waals surface area (Å²) in [6, 6.07) is 29.3. The highest BCUT2D eigenvalue weighted by molar-refractivity contribution is 6.31. The summed E-state index contributed by atoms with van der Waals surface area (Å²) < 4.78 is 11.0. The lowest BCUT2D eigenvalue weighted by Gasteiger charge is -2.35. The molecule has 1 unspecified atom stereocenters. The van der Waals surface area contributed by atoms with Crippen molar-refractivity contribution in [1.82, 2.24) is 30.0 Å². The summed E-state index contributed by atoms with van der Waals surface area (Å²) in [6.45, 7) is 1.31. The van der Waals surface area contributed by atoms with Crippen molar-refractivity contribution in [3.8, 4) is 11.1 Å². The zero-order valence-electron chi connectivity index (χ0n) is 56.5. The van der Waals surface area contributed by atoms with Crippen LogP contribution in [0.3, 0.4) is 0 Å². The number of carbonyl (C=O) groups is 4. The van der Waals surface area contributed by atoms with Gasteiger partial charge in [0, 0.05) is 47.8 Å². The van der Waals surface area contributed by atoms with Crippen LogP contribution >= 0.6 is 23.2 Å². The number of guanidine groups is 3. The van der Waals surface area contributed by atoms with E-state index >= 15 is 0 Å². The molecule has 4 amide bonds. The minimum atomic E-state index is -0.975. The predicted octanol–water partition coefficient (Wildman–Crippen LogP) is 12.5. The molecule has 7 atom stereocenters. The van der Waals surface area contributed by atoms with Gasteiger partial charge in [0.2, 0.25) is 0 Å². The molecule has 4 aliphatic heterocycles. The summed E-state index contributed by atoms with van der Waals surface area (Å²) in [7, 11) is 3.50. The Hall–Kier alpha value is -7.39. The number of hydrogen-bond acceptors (Lipinski definition) is 16. The summed E-state index contributed by atoms with van der Waals surface area (Å²) in [4.78, 5) is 80.7.